The SMILES string of the molecule is C.CC(=O)C(C)C.CC(C)C.CC(C)c1ncn[nH]1. The van der Waals surface area contributed by atoms with Gasteiger partial charge in [-0.15, -0.1) is 0 Å². The Balaban J connectivity index is -0.000000210. The summed E-state index contributed by atoms with van der Waals surface area (Å²) in [5, 5.41) is 6.48. The third-order valence-corrected chi connectivity index (χ3v) is 1.79. The van der Waals surface area contributed by atoms with Crippen molar-refractivity contribution < 1.29 is 4.79 Å². The largest absolute Gasteiger partial charge is 0.300 e. The summed E-state index contributed by atoms with van der Waals surface area (Å²) >= 11 is 0. The summed E-state index contributed by atoms with van der Waals surface area (Å²) in [7, 11) is 0. The van der Waals surface area contributed by atoms with Gasteiger partial charge in [0, 0.05) is 11.8 Å². The maximum absolute atomic E-state index is 10.1. The molecular formula is C15H33N3O. The van der Waals surface area contributed by atoms with E-state index in [1.165, 1.54) is 6.33 Å². The zero-order valence-corrected chi connectivity index (χ0v) is 13.1. The molecule has 0 spiro atoms. The van der Waals surface area contributed by atoms with Crippen LogP contribution in [0.25, 0.3) is 0 Å². The van der Waals surface area contributed by atoms with Crippen LogP contribution < -0.4 is 0 Å². The highest BCUT2D eigenvalue weighted by Crippen LogP contribution is 2.04. The van der Waals surface area contributed by atoms with Crippen molar-refractivity contribution in [3.8, 4) is 0 Å². The molecule has 1 rings (SSSR count). The summed E-state index contributed by atoms with van der Waals surface area (Å²) in [5.41, 5.74) is 0. The number of nitrogens with zero attached hydrogens (tertiary/aromatic N) is 2. The summed E-state index contributed by atoms with van der Waals surface area (Å²) in [4.78, 5) is 14.1. The number of ketones is 1. The molecule has 1 aromatic rings. The van der Waals surface area contributed by atoms with Gasteiger partial charge >= 0.3 is 0 Å². The molecule has 0 fully saturated rings. The molecule has 4 heteroatoms. The second-order valence-corrected chi connectivity index (χ2v) is 5.52. The number of aromatic nitrogens is 3. The average Bonchev–Trinajstić information content (AvgIpc) is 2.69. The summed E-state index contributed by atoms with van der Waals surface area (Å²) in [5.74, 6) is 2.71. The van der Waals surface area contributed by atoms with Crippen LogP contribution in [0, 0.1) is 11.8 Å². The van der Waals surface area contributed by atoms with Gasteiger partial charge in [-0.05, 0) is 12.8 Å². The highest BCUT2D eigenvalue weighted by atomic mass is 16.1. The van der Waals surface area contributed by atoms with Crippen LogP contribution in [0.4, 0.5) is 0 Å². The highest BCUT2D eigenvalue weighted by molar-refractivity contribution is 5.77. The van der Waals surface area contributed by atoms with Gasteiger partial charge in [0.25, 0.3) is 0 Å². The van der Waals surface area contributed by atoms with Crippen LogP contribution in [0.5, 0.6) is 0 Å². The molecule has 0 aliphatic rings. The molecule has 0 aliphatic carbocycles. The Morgan fingerprint density at radius 2 is 1.47 bits per heavy atom. The first-order valence-electron chi connectivity index (χ1n) is 6.54. The number of H-pyrrole nitrogens is 1. The average molecular weight is 271 g/mol. The quantitative estimate of drug-likeness (QED) is 0.864. The second-order valence-electron chi connectivity index (χ2n) is 5.52. The normalized spacial score (nSPS) is 9.21. The minimum Gasteiger partial charge on any atom is -0.300 e. The number of nitrogens with one attached hydrogen (secondary N) is 1. The van der Waals surface area contributed by atoms with E-state index in [0.717, 1.165) is 11.7 Å². The van der Waals surface area contributed by atoms with Crippen molar-refractivity contribution in [1.29, 1.82) is 0 Å². The van der Waals surface area contributed by atoms with Crippen LogP contribution in [0.2, 0.25) is 0 Å². The Kier molecular flexibility index (Phi) is 16.0. The van der Waals surface area contributed by atoms with Gasteiger partial charge in [-0.2, -0.15) is 5.10 Å². The first kappa shape index (κ1) is 22.9. The van der Waals surface area contributed by atoms with Crippen molar-refractivity contribution in [3.05, 3.63) is 12.2 Å². The first-order chi connectivity index (χ1) is 8.18. The zero-order valence-electron chi connectivity index (χ0n) is 13.1. The molecule has 4 nitrogen and oxygen atoms in total. The molecule has 0 aliphatic heterocycles. The van der Waals surface area contributed by atoms with Gasteiger partial charge in [-0.3, -0.25) is 9.89 Å². The predicted molar refractivity (Wildman–Crippen MR) is 83.2 cm³/mol. The summed E-state index contributed by atoms with van der Waals surface area (Å²) in [6.07, 6.45) is 1.52. The molecule has 0 bridgehead atoms. The van der Waals surface area contributed by atoms with Gasteiger partial charge in [-0.1, -0.05) is 55.9 Å². The van der Waals surface area contributed by atoms with Crippen molar-refractivity contribution in [2.45, 2.75) is 68.7 Å². The monoisotopic (exact) mass is 271 g/mol. The van der Waals surface area contributed by atoms with Crippen LogP contribution in [-0.2, 0) is 4.79 Å². The molecule has 0 aromatic carbocycles. The molecular weight excluding hydrogens is 238 g/mol. The fraction of sp³-hybridized carbons (Fsp3) is 0.800. The molecule has 0 saturated carbocycles. The van der Waals surface area contributed by atoms with Gasteiger partial charge in [0.05, 0.1) is 0 Å². The first-order valence-corrected chi connectivity index (χ1v) is 6.54. The Morgan fingerprint density at radius 1 is 1.11 bits per heavy atom. The maximum Gasteiger partial charge on any atom is 0.137 e. The molecule has 1 heterocycles. The number of aromatic amines is 1. The number of hydrogen-bond acceptors (Lipinski definition) is 3. The van der Waals surface area contributed by atoms with Gasteiger partial charge in [-0.25, -0.2) is 4.98 Å². The summed E-state index contributed by atoms with van der Waals surface area (Å²) in [6.45, 7) is 16.0. The Bertz CT molecular complexity index is 288. The lowest BCUT2D eigenvalue weighted by molar-refractivity contribution is -0.119. The number of carbonyl (C=O) groups excluding carboxylic acids is 1. The van der Waals surface area contributed by atoms with E-state index in [4.69, 9.17) is 0 Å². The summed E-state index contributed by atoms with van der Waals surface area (Å²) < 4.78 is 0. The number of Topliss-reactive ketones (excluding diaryl/α,β-unsaturated/α-hetero) is 1. The van der Waals surface area contributed by atoms with Gasteiger partial charge in [0.2, 0.25) is 0 Å². The van der Waals surface area contributed by atoms with Crippen LogP contribution in [0.3, 0.4) is 0 Å². The molecule has 0 amide bonds. The van der Waals surface area contributed by atoms with E-state index in [-0.39, 0.29) is 19.1 Å². The van der Waals surface area contributed by atoms with E-state index in [9.17, 15) is 4.79 Å². The minimum absolute atomic E-state index is 0. The Labute approximate surface area is 119 Å². The van der Waals surface area contributed by atoms with E-state index in [1.54, 1.807) is 6.92 Å². The van der Waals surface area contributed by atoms with Gasteiger partial charge in [0.1, 0.15) is 17.9 Å². The van der Waals surface area contributed by atoms with Crippen LogP contribution in [0.15, 0.2) is 6.33 Å². The molecule has 1 aromatic heterocycles. The third-order valence-electron chi connectivity index (χ3n) is 1.79. The van der Waals surface area contributed by atoms with E-state index in [2.05, 4.69) is 49.8 Å². The van der Waals surface area contributed by atoms with Crippen LogP contribution in [-0.4, -0.2) is 21.0 Å². The van der Waals surface area contributed by atoms with E-state index >= 15 is 0 Å². The Morgan fingerprint density at radius 3 is 1.58 bits per heavy atom. The topological polar surface area (TPSA) is 58.6 Å². The third kappa shape index (κ3) is 19.3. The van der Waals surface area contributed by atoms with E-state index in [1.807, 2.05) is 13.8 Å². The van der Waals surface area contributed by atoms with Crippen LogP contribution in [0.1, 0.15) is 74.6 Å². The lowest BCUT2D eigenvalue weighted by atomic mass is 10.1. The summed E-state index contributed by atoms with van der Waals surface area (Å²) in [6, 6.07) is 0. The standard InChI is InChI=1S/C5H9N3.C5H10O.C4H10.CH4/c1-4(2)5-6-3-7-8-5;1-4(2)5(3)6;1-4(2)3;/h3-4H,1-2H3,(H,6,7,8);4H,1-3H3;4H,1-3H3;1H4. The smallest absolute Gasteiger partial charge is 0.137 e. The molecule has 0 saturated heterocycles. The van der Waals surface area contributed by atoms with Gasteiger partial charge < -0.3 is 0 Å². The molecule has 0 atom stereocenters. The van der Waals surface area contributed by atoms with Crippen LogP contribution >= 0.6 is 0 Å². The molecule has 19 heavy (non-hydrogen) atoms. The van der Waals surface area contributed by atoms with Crippen molar-refractivity contribution in [3.63, 3.8) is 0 Å². The lowest BCUT2D eigenvalue weighted by Crippen LogP contribution is -1.98. The van der Waals surface area contributed by atoms with Gasteiger partial charge in [0.15, 0.2) is 0 Å². The minimum atomic E-state index is 0. The molecule has 114 valence electrons. The number of rotatable bonds is 2. The predicted octanol–water partition coefficient (Wildman–Crippen LogP) is 4.46. The molecule has 1 N–H and O–H groups in total. The molecule has 0 unspecified atom stereocenters. The fourth-order valence-electron chi connectivity index (χ4n) is 0.493. The Hall–Kier alpha value is -1.19. The van der Waals surface area contributed by atoms with E-state index in [0.29, 0.717) is 5.92 Å². The van der Waals surface area contributed by atoms with Crippen molar-refractivity contribution in [1.82, 2.24) is 15.2 Å². The fourth-order valence-corrected chi connectivity index (χ4v) is 0.493. The maximum atomic E-state index is 10.1. The molecule has 0 radical (unpaired) electrons. The van der Waals surface area contributed by atoms with Crippen molar-refractivity contribution in [2.24, 2.45) is 11.8 Å². The zero-order chi connectivity index (χ0) is 14.7. The number of carbonyl (C=O) groups is 1. The second kappa shape index (κ2) is 13.2. The van der Waals surface area contributed by atoms with Crippen molar-refractivity contribution >= 4 is 5.78 Å². The highest BCUT2D eigenvalue weighted by Gasteiger charge is 1.98. The lowest BCUT2D eigenvalue weighted by Gasteiger charge is -1.93. The number of hydrogen-bond donors (Lipinski definition) is 1. The van der Waals surface area contributed by atoms with Crippen molar-refractivity contribution in [2.75, 3.05) is 0 Å². The van der Waals surface area contributed by atoms with E-state index < -0.39 is 0 Å².